The van der Waals surface area contributed by atoms with Crippen LogP contribution in [-0.4, -0.2) is 62.0 Å². The van der Waals surface area contributed by atoms with Gasteiger partial charge in [-0.25, -0.2) is 0 Å². The van der Waals surface area contributed by atoms with Crippen molar-refractivity contribution >= 4 is 0 Å². The number of hydrogen-bond donors (Lipinski definition) is 1. The lowest BCUT2D eigenvalue weighted by Gasteiger charge is -2.39. The van der Waals surface area contributed by atoms with Crippen LogP contribution in [0.15, 0.2) is 0 Å². The summed E-state index contributed by atoms with van der Waals surface area (Å²) < 4.78 is 18.5. The van der Waals surface area contributed by atoms with Crippen LogP contribution in [0.1, 0.15) is 112 Å². The van der Waals surface area contributed by atoms with Crippen molar-refractivity contribution in [3.63, 3.8) is 0 Å². The average molecular weight is 446 g/mol. The van der Waals surface area contributed by atoms with E-state index in [-0.39, 0.29) is 12.5 Å². The average Bonchev–Trinajstić information content (AvgIpc) is 2.76. The van der Waals surface area contributed by atoms with Gasteiger partial charge in [-0.05, 0) is 66.0 Å². The van der Waals surface area contributed by atoms with Crippen LogP contribution in [0.4, 0.5) is 0 Å². The molecule has 0 amide bonds. The van der Waals surface area contributed by atoms with Crippen molar-refractivity contribution in [2.75, 3.05) is 46.1 Å². The van der Waals surface area contributed by atoms with E-state index in [1.807, 2.05) is 20.8 Å². The summed E-state index contributed by atoms with van der Waals surface area (Å²) in [5.41, 5.74) is 0. The lowest BCUT2D eigenvalue weighted by molar-refractivity contribution is -0.403. The maximum Gasteiger partial charge on any atom is 0.285 e. The first-order valence-corrected chi connectivity index (χ1v) is 13.4. The molecule has 188 valence electrons. The third-order valence-electron chi connectivity index (χ3n) is 5.93. The van der Waals surface area contributed by atoms with Crippen LogP contribution in [0.3, 0.4) is 0 Å². The number of ether oxygens (including phenoxy) is 3. The molecule has 0 fully saturated rings. The molecule has 0 aromatic rings. The van der Waals surface area contributed by atoms with Gasteiger partial charge in [0.25, 0.3) is 5.97 Å². The first kappa shape index (κ1) is 30.8. The van der Waals surface area contributed by atoms with E-state index in [1.165, 1.54) is 51.4 Å². The molecule has 0 heterocycles. The molecule has 1 unspecified atom stereocenters. The monoisotopic (exact) mass is 445 g/mol. The zero-order chi connectivity index (χ0) is 23.2. The molecule has 0 aromatic heterocycles. The Bertz CT molecular complexity index is 342. The lowest BCUT2D eigenvalue weighted by Crippen LogP contribution is -2.47. The largest absolute Gasteiger partial charge is 0.396 e. The summed E-state index contributed by atoms with van der Waals surface area (Å²) in [6, 6.07) is 0. The van der Waals surface area contributed by atoms with Crippen molar-refractivity contribution < 1.29 is 19.3 Å². The lowest BCUT2D eigenvalue weighted by atomic mass is 9.92. The Morgan fingerprint density at radius 1 is 0.613 bits per heavy atom. The van der Waals surface area contributed by atoms with E-state index in [2.05, 4.69) is 18.7 Å². The second-order valence-electron chi connectivity index (χ2n) is 8.57. The number of hydrogen-bond acceptors (Lipinski definition) is 5. The molecule has 0 aliphatic heterocycles. The zero-order valence-electron chi connectivity index (χ0n) is 21.6. The smallest absolute Gasteiger partial charge is 0.285 e. The van der Waals surface area contributed by atoms with Gasteiger partial charge in [0.1, 0.15) is 0 Å². The maximum atomic E-state index is 9.24. The maximum absolute atomic E-state index is 9.24. The Morgan fingerprint density at radius 2 is 1.10 bits per heavy atom. The predicted molar refractivity (Wildman–Crippen MR) is 131 cm³/mol. The molecule has 0 rings (SSSR count). The van der Waals surface area contributed by atoms with Crippen molar-refractivity contribution in [3.8, 4) is 0 Å². The van der Waals surface area contributed by atoms with E-state index in [0.717, 1.165) is 45.3 Å². The molecule has 0 aliphatic carbocycles. The minimum Gasteiger partial charge on any atom is -0.396 e. The van der Waals surface area contributed by atoms with Crippen molar-refractivity contribution in [2.45, 2.75) is 118 Å². The Kier molecular flexibility index (Phi) is 21.5. The molecule has 0 saturated heterocycles. The fraction of sp³-hybridized carbons (Fsp3) is 1.00. The molecular weight excluding hydrogens is 390 g/mol. The van der Waals surface area contributed by atoms with Crippen LogP contribution in [0.2, 0.25) is 0 Å². The van der Waals surface area contributed by atoms with Crippen LogP contribution < -0.4 is 0 Å². The van der Waals surface area contributed by atoms with Gasteiger partial charge >= 0.3 is 0 Å². The molecule has 31 heavy (non-hydrogen) atoms. The van der Waals surface area contributed by atoms with Crippen LogP contribution >= 0.6 is 0 Å². The fourth-order valence-electron chi connectivity index (χ4n) is 4.32. The highest BCUT2D eigenvalue weighted by Gasteiger charge is 2.41. The SMILES string of the molecule is CCCCCCCCC(CCCN(CCCC)CCCO)C(OCC)(OCC)OCC. The normalized spacial score (nSPS) is 13.3. The van der Waals surface area contributed by atoms with Crippen LogP contribution in [-0.2, 0) is 14.2 Å². The summed E-state index contributed by atoms with van der Waals surface area (Å²) in [7, 11) is 0. The standard InChI is InChI=1S/C26H55NO4/c1-6-11-13-14-15-16-19-25(26(29-8-3,30-9-4)31-10-5)20-17-22-27(21-12-7-2)23-18-24-28/h25,28H,6-24H2,1-5H3. The highest BCUT2D eigenvalue weighted by molar-refractivity contribution is 4.74. The topological polar surface area (TPSA) is 51.2 Å². The second-order valence-corrected chi connectivity index (χ2v) is 8.57. The quantitative estimate of drug-likeness (QED) is 0.138. The number of aliphatic hydroxyl groups excluding tert-OH is 1. The Labute approximate surface area is 194 Å². The minimum absolute atomic E-state index is 0.240. The van der Waals surface area contributed by atoms with Gasteiger partial charge < -0.3 is 24.2 Å². The number of unbranched alkanes of at least 4 members (excludes halogenated alkanes) is 6. The van der Waals surface area contributed by atoms with Gasteiger partial charge in [-0.3, -0.25) is 0 Å². The molecule has 1 atom stereocenters. The minimum atomic E-state index is -0.916. The van der Waals surface area contributed by atoms with E-state index < -0.39 is 5.97 Å². The fourth-order valence-corrected chi connectivity index (χ4v) is 4.32. The van der Waals surface area contributed by atoms with Crippen molar-refractivity contribution in [1.82, 2.24) is 4.90 Å². The van der Waals surface area contributed by atoms with Gasteiger partial charge in [0.15, 0.2) is 0 Å². The molecule has 0 spiro atoms. The Morgan fingerprint density at radius 3 is 1.65 bits per heavy atom. The summed E-state index contributed by atoms with van der Waals surface area (Å²) in [6.45, 7) is 15.8. The highest BCUT2D eigenvalue weighted by Crippen LogP contribution is 2.34. The van der Waals surface area contributed by atoms with Gasteiger partial charge in [-0.15, -0.1) is 0 Å². The van der Waals surface area contributed by atoms with Crippen LogP contribution in [0, 0.1) is 5.92 Å². The van der Waals surface area contributed by atoms with E-state index in [1.54, 1.807) is 0 Å². The Hall–Kier alpha value is -0.200. The second kappa shape index (κ2) is 21.6. The molecular formula is C26H55NO4. The third-order valence-corrected chi connectivity index (χ3v) is 5.93. The van der Waals surface area contributed by atoms with Gasteiger partial charge in [0.2, 0.25) is 0 Å². The van der Waals surface area contributed by atoms with E-state index in [9.17, 15) is 5.11 Å². The van der Waals surface area contributed by atoms with Crippen molar-refractivity contribution in [1.29, 1.82) is 0 Å². The molecule has 5 heteroatoms. The summed E-state index contributed by atoms with van der Waals surface area (Å²) >= 11 is 0. The molecule has 0 aliphatic rings. The van der Waals surface area contributed by atoms with Crippen molar-refractivity contribution in [2.24, 2.45) is 5.92 Å². The summed E-state index contributed by atoms with van der Waals surface area (Å²) in [6.07, 6.45) is 14.3. The predicted octanol–water partition coefficient (Wildman–Crippen LogP) is 6.38. The number of nitrogens with zero attached hydrogens (tertiary/aromatic N) is 1. The molecule has 0 aromatic carbocycles. The zero-order valence-corrected chi connectivity index (χ0v) is 21.6. The van der Waals surface area contributed by atoms with Crippen LogP contribution in [0.25, 0.3) is 0 Å². The van der Waals surface area contributed by atoms with Crippen LogP contribution in [0.5, 0.6) is 0 Å². The van der Waals surface area contributed by atoms with Gasteiger partial charge in [-0.1, -0.05) is 58.8 Å². The van der Waals surface area contributed by atoms with E-state index >= 15 is 0 Å². The van der Waals surface area contributed by atoms with E-state index in [4.69, 9.17) is 14.2 Å². The molecule has 0 saturated carbocycles. The van der Waals surface area contributed by atoms with E-state index in [0.29, 0.717) is 19.8 Å². The molecule has 5 nitrogen and oxygen atoms in total. The summed E-state index contributed by atoms with van der Waals surface area (Å²) in [4.78, 5) is 2.51. The molecule has 0 bridgehead atoms. The first-order valence-electron chi connectivity index (χ1n) is 13.4. The molecule has 0 radical (unpaired) electrons. The highest BCUT2D eigenvalue weighted by atomic mass is 16.9. The van der Waals surface area contributed by atoms with Gasteiger partial charge in [0, 0.05) is 38.9 Å². The summed E-state index contributed by atoms with van der Waals surface area (Å²) in [5, 5.41) is 9.24. The third kappa shape index (κ3) is 14.5. The Balaban J connectivity index is 5.03. The summed E-state index contributed by atoms with van der Waals surface area (Å²) in [5.74, 6) is -0.675. The molecule has 1 N–H and O–H groups in total. The van der Waals surface area contributed by atoms with Gasteiger partial charge in [-0.2, -0.15) is 0 Å². The number of aliphatic hydroxyl groups is 1. The first-order chi connectivity index (χ1) is 15.1. The van der Waals surface area contributed by atoms with Crippen molar-refractivity contribution in [3.05, 3.63) is 0 Å². The van der Waals surface area contributed by atoms with Gasteiger partial charge in [0.05, 0.1) is 0 Å². The number of rotatable bonds is 24.